The minimum atomic E-state index is 0.888. The van der Waals surface area contributed by atoms with Gasteiger partial charge < -0.3 is 5.53 Å². The van der Waals surface area contributed by atoms with E-state index in [0.717, 1.165) is 54.6 Å². The van der Waals surface area contributed by atoms with E-state index in [9.17, 15) is 5.53 Å². The highest BCUT2D eigenvalue weighted by Crippen LogP contribution is 2.37. The second kappa shape index (κ2) is 12.5. The molecular formula is C30H40N2. The van der Waals surface area contributed by atoms with Crippen LogP contribution < -0.4 is 0 Å². The van der Waals surface area contributed by atoms with Gasteiger partial charge in [-0.3, -0.25) is 0 Å². The Morgan fingerprint density at radius 2 is 1.41 bits per heavy atom. The summed E-state index contributed by atoms with van der Waals surface area (Å²) in [7, 11) is 0. The van der Waals surface area contributed by atoms with Crippen molar-refractivity contribution in [3.8, 4) is 0 Å². The van der Waals surface area contributed by atoms with E-state index in [4.69, 9.17) is 0 Å². The molecule has 0 aromatic heterocycles. The fourth-order valence-electron chi connectivity index (χ4n) is 4.51. The van der Waals surface area contributed by atoms with Crippen LogP contribution in [0.15, 0.2) is 60.2 Å². The smallest absolute Gasteiger partial charge is 0.210 e. The number of hydrogen-bond acceptors (Lipinski definition) is 0. The summed E-state index contributed by atoms with van der Waals surface area (Å²) in [6.07, 6.45) is 15.6. The second-order valence-corrected chi connectivity index (χ2v) is 9.09. The predicted octanol–water partition coefficient (Wildman–Crippen LogP) is 9.14. The van der Waals surface area contributed by atoms with Gasteiger partial charge in [0.05, 0.1) is 0 Å². The third-order valence-corrected chi connectivity index (χ3v) is 6.53. The highest BCUT2D eigenvalue weighted by molar-refractivity contribution is 5.78. The summed E-state index contributed by atoms with van der Waals surface area (Å²) in [5.74, 6) is 0. The van der Waals surface area contributed by atoms with Crippen LogP contribution >= 0.6 is 0 Å². The van der Waals surface area contributed by atoms with Crippen molar-refractivity contribution in [3.63, 3.8) is 0 Å². The van der Waals surface area contributed by atoms with Crippen molar-refractivity contribution in [3.05, 3.63) is 88.0 Å². The second-order valence-electron chi connectivity index (χ2n) is 9.09. The highest BCUT2D eigenvalue weighted by atomic mass is 15.2. The van der Waals surface area contributed by atoms with Crippen LogP contribution in [0.3, 0.4) is 0 Å². The lowest BCUT2D eigenvalue weighted by Crippen LogP contribution is -2.03. The molecule has 0 aliphatic carbocycles. The van der Waals surface area contributed by atoms with Crippen molar-refractivity contribution >= 4 is 11.4 Å². The fraction of sp³-hybridized carbons (Fsp3) is 0.467. The fourth-order valence-corrected chi connectivity index (χ4v) is 4.51. The van der Waals surface area contributed by atoms with E-state index < -0.39 is 0 Å². The molecule has 2 aromatic rings. The number of unbranched alkanes of at least 4 members (excludes halogenated alkanes) is 6. The molecule has 0 bridgehead atoms. The first kappa shape index (κ1) is 24.2. The largest absolute Gasteiger partial charge is 0.493 e. The van der Waals surface area contributed by atoms with Gasteiger partial charge in [-0.25, -0.2) is 4.70 Å². The van der Waals surface area contributed by atoms with E-state index in [1.165, 1.54) is 59.9 Å². The van der Waals surface area contributed by atoms with E-state index in [-0.39, 0.29) is 0 Å². The molecule has 1 heterocycles. The Labute approximate surface area is 195 Å². The van der Waals surface area contributed by atoms with Gasteiger partial charge in [-0.1, -0.05) is 83.6 Å². The Morgan fingerprint density at radius 3 is 2.12 bits per heavy atom. The summed E-state index contributed by atoms with van der Waals surface area (Å²) in [4.78, 5) is 0. The minimum Gasteiger partial charge on any atom is -0.493 e. The molecule has 2 heteroatoms. The van der Waals surface area contributed by atoms with Crippen LogP contribution in [0.25, 0.3) is 16.9 Å². The van der Waals surface area contributed by atoms with E-state index in [0.29, 0.717) is 0 Å². The van der Waals surface area contributed by atoms with Gasteiger partial charge in [-0.15, -0.1) is 0 Å². The monoisotopic (exact) mass is 428 g/mol. The molecule has 0 N–H and O–H groups in total. The molecule has 0 spiro atoms. The summed E-state index contributed by atoms with van der Waals surface area (Å²) in [5, 5.41) is 0. The molecule has 0 radical (unpaired) electrons. The van der Waals surface area contributed by atoms with Gasteiger partial charge in [0.25, 0.3) is 0 Å². The van der Waals surface area contributed by atoms with Gasteiger partial charge in [0.1, 0.15) is 0 Å². The maximum absolute atomic E-state index is 11.2. The lowest BCUT2D eigenvalue weighted by atomic mass is 10.0. The number of benzene rings is 2. The van der Waals surface area contributed by atoms with Crippen molar-refractivity contribution in [2.75, 3.05) is 0 Å². The van der Waals surface area contributed by atoms with Gasteiger partial charge in [0, 0.05) is 22.8 Å². The first-order valence-electron chi connectivity index (χ1n) is 12.8. The van der Waals surface area contributed by atoms with Crippen molar-refractivity contribution in [2.24, 2.45) is 0 Å². The topological polar surface area (TPSA) is 25.3 Å². The molecule has 170 valence electrons. The van der Waals surface area contributed by atoms with Crippen LogP contribution in [0.2, 0.25) is 0 Å². The summed E-state index contributed by atoms with van der Waals surface area (Å²) >= 11 is 0. The van der Waals surface area contributed by atoms with Crippen molar-refractivity contribution in [1.29, 1.82) is 0 Å². The normalized spacial score (nSPS) is 13.7. The molecule has 3 rings (SSSR count). The molecule has 1 aliphatic rings. The first-order valence-corrected chi connectivity index (χ1v) is 12.8. The zero-order valence-electron chi connectivity index (χ0n) is 20.4. The SMILES string of the molecule is CCCCCCCCc1ccc(C2=CC(CCCC)=C(c3cccc(CC)c3)[N+]2=[N-])cc1. The number of nitrogens with zero attached hydrogens (tertiary/aromatic N) is 2. The van der Waals surface area contributed by atoms with Crippen molar-refractivity contribution < 1.29 is 4.70 Å². The zero-order chi connectivity index (χ0) is 22.8. The van der Waals surface area contributed by atoms with Crippen LogP contribution in [-0.2, 0) is 12.8 Å². The lowest BCUT2D eigenvalue weighted by molar-refractivity contribution is -0.344. The molecule has 1 aliphatic heterocycles. The standard InChI is InChI=1S/C30H40N2/c1-4-7-9-10-11-12-14-25-18-20-26(21-19-25)29-23-28(16-8-5-2)30(32(29)31)27-17-13-15-24(6-3)22-27/h13,15,17-23H,4-12,14,16H2,1-3H3. The Bertz CT molecular complexity index is 947. The van der Waals surface area contributed by atoms with E-state index >= 15 is 0 Å². The number of aryl methyl sites for hydroxylation is 2. The molecular weight excluding hydrogens is 388 g/mol. The Kier molecular flexibility index (Phi) is 9.46. The van der Waals surface area contributed by atoms with Gasteiger partial charge >= 0.3 is 0 Å². The van der Waals surface area contributed by atoms with Crippen LogP contribution in [-0.4, -0.2) is 4.70 Å². The zero-order valence-corrected chi connectivity index (χ0v) is 20.4. The summed E-state index contributed by atoms with van der Waals surface area (Å²) < 4.78 is 1.42. The van der Waals surface area contributed by atoms with Crippen molar-refractivity contribution in [1.82, 2.24) is 0 Å². The predicted molar refractivity (Wildman–Crippen MR) is 137 cm³/mol. The van der Waals surface area contributed by atoms with E-state index in [1.54, 1.807) is 0 Å². The summed E-state index contributed by atoms with van der Waals surface area (Å²) in [6.45, 7) is 6.66. The summed E-state index contributed by atoms with van der Waals surface area (Å²) in [6, 6.07) is 17.4. The lowest BCUT2D eigenvalue weighted by Gasteiger charge is -2.11. The first-order chi connectivity index (χ1) is 15.7. The highest BCUT2D eigenvalue weighted by Gasteiger charge is 2.28. The molecule has 0 fully saturated rings. The number of hydrogen-bond donors (Lipinski definition) is 0. The number of allylic oxidation sites excluding steroid dienone is 2. The van der Waals surface area contributed by atoms with Crippen LogP contribution in [0.5, 0.6) is 0 Å². The van der Waals surface area contributed by atoms with Gasteiger partial charge in [0.15, 0.2) is 0 Å². The molecule has 0 atom stereocenters. The van der Waals surface area contributed by atoms with E-state index in [2.05, 4.69) is 75.4 Å². The van der Waals surface area contributed by atoms with Crippen LogP contribution in [0.4, 0.5) is 0 Å². The maximum atomic E-state index is 11.2. The number of rotatable bonds is 13. The quantitative estimate of drug-likeness (QED) is 0.224. The minimum absolute atomic E-state index is 0.888. The molecule has 0 saturated carbocycles. The van der Waals surface area contributed by atoms with Crippen LogP contribution in [0.1, 0.15) is 101 Å². The van der Waals surface area contributed by atoms with Gasteiger partial charge in [-0.05, 0) is 67.5 Å². The molecule has 0 unspecified atom stereocenters. The third kappa shape index (κ3) is 6.28. The maximum Gasteiger partial charge on any atom is 0.210 e. The Morgan fingerprint density at radius 1 is 0.688 bits per heavy atom. The molecule has 0 saturated heterocycles. The molecule has 32 heavy (non-hydrogen) atoms. The van der Waals surface area contributed by atoms with E-state index in [1.807, 2.05) is 0 Å². The average molecular weight is 429 g/mol. The molecule has 2 aromatic carbocycles. The van der Waals surface area contributed by atoms with Gasteiger partial charge in [-0.2, -0.15) is 0 Å². The van der Waals surface area contributed by atoms with Gasteiger partial charge in [0.2, 0.25) is 11.4 Å². The Balaban J connectivity index is 1.72. The van der Waals surface area contributed by atoms with Crippen molar-refractivity contribution in [2.45, 2.75) is 91.4 Å². The Hall–Kier alpha value is -2.48. The average Bonchev–Trinajstić information content (AvgIpc) is 3.16. The molecule has 0 amide bonds. The summed E-state index contributed by atoms with van der Waals surface area (Å²) in [5.41, 5.74) is 19.1. The molecule has 2 nitrogen and oxygen atoms in total. The van der Waals surface area contributed by atoms with Crippen LogP contribution in [0, 0.1) is 0 Å². The third-order valence-electron chi connectivity index (χ3n) is 6.53.